The van der Waals surface area contributed by atoms with Gasteiger partial charge in [-0.1, -0.05) is 6.82 Å². The van der Waals surface area contributed by atoms with Crippen molar-refractivity contribution in [1.29, 1.82) is 0 Å². The lowest BCUT2D eigenvalue weighted by molar-refractivity contribution is -0.00429. The molecule has 0 aromatic heterocycles. The van der Waals surface area contributed by atoms with Crippen LogP contribution in [0.3, 0.4) is 0 Å². The number of hydrogen-bond acceptors (Lipinski definition) is 8. The number of aliphatic hydroxyl groups excluding tert-OH is 1. The lowest BCUT2D eigenvalue weighted by atomic mass is 9.73. The smallest absolute Gasteiger partial charge is 0.390 e. The molecule has 5 atom stereocenters. The fourth-order valence-electron chi connectivity index (χ4n) is 1.44. The van der Waals surface area contributed by atoms with E-state index in [1.54, 1.807) is 14.1 Å². The van der Waals surface area contributed by atoms with Crippen molar-refractivity contribution in [1.82, 2.24) is 0 Å². The van der Waals surface area contributed by atoms with Gasteiger partial charge in [-0.15, -0.1) is 0 Å². The van der Waals surface area contributed by atoms with E-state index in [0.29, 0.717) is 0 Å². The Morgan fingerprint density at radius 2 is 1.73 bits per heavy atom. The third kappa shape index (κ3) is 7.31. The number of aliphatic hydroxyl groups is 1. The van der Waals surface area contributed by atoms with Gasteiger partial charge >= 0.3 is 23.5 Å². The summed E-state index contributed by atoms with van der Waals surface area (Å²) in [5.41, 5.74) is 0. The second-order valence-corrected chi connectivity index (χ2v) is 8.46. The molecule has 5 N–H and O–H groups in total. The van der Waals surface area contributed by atoms with Crippen LogP contribution >= 0.6 is 23.5 Å². The third-order valence-electron chi connectivity index (χ3n) is 2.25. The van der Waals surface area contributed by atoms with Crippen LogP contribution < -0.4 is 0 Å². The van der Waals surface area contributed by atoms with Crippen LogP contribution in [-0.2, 0) is 31.6 Å². The second kappa shape index (κ2) is 7.52. The molecule has 0 spiro atoms. The van der Waals surface area contributed by atoms with Gasteiger partial charge in [-0.2, -0.15) is 8.62 Å². The first-order chi connectivity index (χ1) is 9.84. The zero-order valence-electron chi connectivity index (χ0n) is 11.0. The molecule has 16 heteroatoms. The minimum absolute atomic E-state index is 0.510. The highest BCUT2D eigenvalue weighted by atomic mass is 31.3. The van der Waals surface area contributed by atoms with Gasteiger partial charge in [0, 0.05) is 12.4 Å². The summed E-state index contributed by atoms with van der Waals surface area (Å²) in [7, 11) is -14.6. The highest BCUT2D eigenvalue weighted by Gasteiger charge is 2.42. The molecule has 0 aromatic rings. The average molecular weight is 382 g/mol. The van der Waals surface area contributed by atoms with Crippen LogP contribution in [0.15, 0.2) is 0 Å². The maximum absolute atomic E-state index is 11.4. The first kappa shape index (κ1) is 20.4. The van der Waals surface area contributed by atoms with E-state index in [4.69, 9.17) is 19.4 Å². The summed E-state index contributed by atoms with van der Waals surface area (Å²) in [5.74, 6) is 0. The van der Waals surface area contributed by atoms with Gasteiger partial charge in [0.15, 0.2) is 0 Å². The molecule has 1 heterocycles. The van der Waals surface area contributed by atoms with Crippen molar-refractivity contribution in [2.75, 3.05) is 6.61 Å². The van der Waals surface area contributed by atoms with E-state index >= 15 is 0 Å². The van der Waals surface area contributed by atoms with Gasteiger partial charge < -0.3 is 29.4 Å². The molecular formula is C6H14BO12P3. The van der Waals surface area contributed by atoms with Crippen LogP contribution in [-0.4, -0.2) is 56.8 Å². The Labute approximate surface area is 126 Å². The highest BCUT2D eigenvalue weighted by Crippen LogP contribution is 2.66. The molecule has 12 nitrogen and oxygen atoms in total. The first-order valence-electron chi connectivity index (χ1n) is 5.60. The summed E-state index contributed by atoms with van der Waals surface area (Å²) in [5, 5.41) is 9.55. The molecule has 1 saturated heterocycles. The number of ether oxygens (including phenoxy) is 1. The summed E-state index contributed by atoms with van der Waals surface area (Å²) in [4.78, 5) is 34.8. The minimum Gasteiger partial charge on any atom is -0.390 e. The molecule has 0 amide bonds. The van der Waals surface area contributed by atoms with Gasteiger partial charge in [-0.05, 0) is 0 Å². The molecule has 0 saturated carbocycles. The monoisotopic (exact) mass is 382 g/mol. The SMILES string of the molecule is C[B]C1[CH]C(O)C(COP(=O)(O)OP(=O)(O)OP(=O)(O)O)O1. The standard InChI is InChI=1S/C6H14BO12P3/c1-7-6-2-4(8)5(17-6)3-16-21(12,13)19-22(14,15)18-20(9,10)11/h2,4-6,8H,3H2,1H3,(H,12,13)(H,14,15)(H2,9,10,11). The van der Waals surface area contributed by atoms with E-state index < -0.39 is 48.3 Å². The van der Waals surface area contributed by atoms with Gasteiger partial charge in [0.1, 0.15) is 13.4 Å². The molecule has 2 radical (unpaired) electrons. The van der Waals surface area contributed by atoms with E-state index in [9.17, 15) is 23.7 Å². The molecule has 22 heavy (non-hydrogen) atoms. The van der Waals surface area contributed by atoms with Gasteiger partial charge in [0.05, 0.1) is 12.7 Å². The zero-order chi connectivity index (χ0) is 17.2. The average Bonchev–Trinajstić information content (AvgIpc) is 2.62. The molecule has 1 aliphatic heterocycles. The maximum atomic E-state index is 11.4. The van der Waals surface area contributed by atoms with E-state index in [0.717, 1.165) is 0 Å². The van der Waals surface area contributed by atoms with Crippen LogP contribution in [0.25, 0.3) is 0 Å². The van der Waals surface area contributed by atoms with Crippen molar-refractivity contribution in [2.24, 2.45) is 0 Å². The van der Waals surface area contributed by atoms with Crippen LogP contribution in [0.2, 0.25) is 6.82 Å². The summed E-state index contributed by atoms with van der Waals surface area (Å²) in [6, 6.07) is -0.510. The van der Waals surface area contributed by atoms with Crippen LogP contribution in [0, 0.1) is 6.42 Å². The molecule has 1 rings (SSSR count). The van der Waals surface area contributed by atoms with Crippen LogP contribution in [0.4, 0.5) is 0 Å². The summed E-state index contributed by atoms with van der Waals surface area (Å²) >= 11 is 0. The molecule has 0 aliphatic carbocycles. The van der Waals surface area contributed by atoms with Gasteiger partial charge in [0.25, 0.3) is 0 Å². The van der Waals surface area contributed by atoms with E-state index in [1.165, 1.54) is 6.42 Å². The Hall–Kier alpha value is 0.395. The Kier molecular flexibility index (Phi) is 6.99. The maximum Gasteiger partial charge on any atom is 0.490 e. The van der Waals surface area contributed by atoms with Gasteiger partial charge in [0.2, 0.25) is 0 Å². The summed E-state index contributed by atoms with van der Waals surface area (Å²) in [6.45, 7) is 0.963. The largest absolute Gasteiger partial charge is 0.490 e. The predicted octanol–water partition coefficient (Wildman–Crippen LogP) is -0.628. The van der Waals surface area contributed by atoms with Crippen molar-refractivity contribution >= 4 is 30.7 Å². The van der Waals surface area contributed by atoms with Gasteiger partial charge in [-0.3, -0.25) is 4.52 Å². The number of phosphoric acid groups is 3. The molecule has 1 fully saturated rings. The Bertz CT molecular complexity index is 519. The van der Waals surface area contributed by atoms with Crippen LogP contribution in [0.5, 0.6) is 0 Å². The topological polar surface area (TPSA) is 189 Å². The molecular weight excluding hydrogens is 368 g/mol. The lowest BCUT2D eigenvalue weighted by Crippen LogP contribution is -2.26. The quantitative estimate of drug-likeness (QED) is 0.264. The predicted molar refractivity (Wildman–Crippen MR) is 70.4 cm³/mol. The normalized spacial score (nSPS) is 31.5. The van der Waals surface area contributed by atoms with E-state index in [2.05, 4.69) is 13.1 Å². The fourth-order valence-corrected chi connectivity index (χ4v) is 4.47. The summed E-state index contributed by atoms with van der Waals surface area (Å²) in [6.07, 6.45) is -0.773. The third-order valence-corrected chi connectivity index (χ3v) is 6.05. The highest BCUT2D eigenvalue weighted by molar-refractivity contribution is 7.66. The minimum atomic E-state index is -5.55. The van der Waals surface area contributed by atoms with Crippen LogP contribution in [0.1, 0.15) is 0 Å². The molecule has 5 unspecified atom stereocenters. The van der Waals surface area contributed by atoms with E-state index in [-0.39, 0.29) is 0 Å². The van der Waals surface area contributed by atoms with Crippen molar-refractivity contribution in [3.05, 3.63) is 6.42 Å². The lowest BCUT2D eigenvalue weighted by Gasteiger charge is -2.19. The molecule has 0 bridgehead atoms. The second-order valence-electron chi connectivity index (χ2n) is 4.04. The van der Waals surface area contributed by atoms with Gasteiger partial charge in [-0.25, -0.2) is 13.7 Å². The number of rotatable bonds is 8. The Morgan fingerprint density at radius 3 is 2.18 bits per heavy atom. The first-order valence-corrected chi connectivity index (χ1v) is 10.1. The van der Waals surface area contributed by atoms with Crippen molar-refractivity contribution in [3.63, 3.8) is 0 Å². The van der Waals surface area contributed by atoms with Crippen molar-refractivity contribution in [2.45, 2.75) is 25.0 Å². The summed E-state index contributed by atoms with van der Waals surface area (Å²) < 4.78 is 49.5. The number of hydrogen-bond donors (Lipinski definition) is 5. The number of phosphoric ester groups is 1. The zero-order valence-corrected chi connectivity index (χ0v) is 13.7. The fraction of sp³-hybridized carbons (Fsp3) is 0.833. The molecule has 0 aromatic carbocycles. The Balaban J connectivity index is 2.56. The van der Waals surface area contributed by atoms with Crippen molar-refractivity contribution < 1.29 is 56.3 Å². The van der Waals surface area contributed by atoms with Crippen molar-refractivity contribution in [3.8, 4) is 0 Å². The molecule has 1 aliphatic rings. The molecule has 128 valence electrons. The Morgan fingerprint density at radius 1 is 1.14 bits per heavy atom. The van der Waals surface area contributed by atoms with E-state index in [1.807, 2.05) is 0 Å².